The van der Waals surface area contributed by atoms with E-state index in [4.69, 9.17) is 14.2 Å². The van der Waals surface area contributed by atoms with Crippen LogP contribution >= 0.6 is 0 Å². The van der Waals surface area contributed by atoms with Crippen molar-refractivity contribution in [1.29, 1.82) is 0 Å². The summed E-state index contributed by atoms with van der Waals surface area (Å²) in [6.45, 7) is 6.49. The smallest absolute Gasteiger partial charge is 0.355 e. The van der Waals surface area contributed by atoms with Crippen molar-refractivity contribution in [3.05, 3.63) is 53.8 Å². The Kier molecular flexibility index (Phi) is 8.11. The number of esters is 2. The molecule has 1 aromatic rings. The predicted octanol–water partition coefficient (Wildman–Crippen LogP) is 1.20. The lowest BCUT2D eigenvalue weighted by Crippen LogP contribution is -2.74. The first-order valence-corrected chi connectivity index (χ1v) is 12.4. The molecule has 0 radical (unpaired) electrons. The van der Waals surface area contributed by atoms with Crippen molar-refractivity contribution in [3.8, 4) is 5.75 Å². The van der Waals surface area contributed by atoms with E-state index in [1.165, 1.54) is 6.08 Å². The average molecular weight is 505 g/mol. The van der Waals surface area contributed by atoms with E-state index >= 15 is 0 Å². The van der Waals surface area contributed by atoms with E-state index in [1.54, 1.807) is 58.0 Å². The third kappa shape index (κ3) is 6.36. The number of nitrogens with zero attached hydrogens (tertiary/aromatic N) is 1. The predicted molar refractivity (Wildman–Crippen MR) is 126 cm³/mol. The van der Waals surface area contributed by atoms with Gasteiger partial charge in [-0.25, -0.2) is 9.59 Å². The number of carbonyl (C=O) groups excluding carboxylic acids is 4. The van der Waals surface area contributed by atoms with Crippen LogP contribution in [-0.2, 0) is 39.5 Å². The minimum atomic E-state index is -1.66. The molecule has 0 spiro atoms. The molecule has 1 fully saturated rings. The first-order chi connectivity index (χ1) is 16.5. The quantitative estimate of drug-likeness (QED) is 0.318. The number of amides is 2. The molecule has 0 aromatic heterocycles. The van der Waals surface area contributed by atoms with Gasteiger partial charge in [-0.3, -0.25) is 18.7 Å². The Balaban J connectivity index is 1.80. The number of nitrogens with one attached hydrogen (secondary N) is 1. The fourth-order valence-electron chi connectivity index (χ4n) is 3.49. The standard InChI is InChI=1S/C24H28N2O8S/c1-5-32-18(28)12-11-15-14-35(31)22-19(25-17(27)13-33-16-9-7-6-8-10-16)21(29)26(22)20(15)23(30)34-24(2,3)4/h6-12,19,22H,5,13-14H2,1-4H3,(H,25,27)/t19?,22-,35?/m1/s1. The number of hydrogen-bond donors (Lipinski definition) is 1. The van der Waals surface area contributed by atoms with Crippen LogP contribution in [-0.4, -0.2) is 68.8 Å². The fraction of sp³-hybridized carbons (Fsp3) is 0.417. The summed E-state index contributed by atoms with van der Waals surface area (Å²) in [4.78, 5) is 51.2. The Hall–Kier alpha value is -3.47. The molecule has 0 aliphatic carbocycles. The van der Waals surface area contributed by atoms with Gasteiger partial charge in [0, 0.05) is 6.08 Å². The number of fused-ring (bicyclic) bond motifs is 1. The lowest BCUT2D eigenvalue weighted by Gasteiger charge is -2.49. The van der Waals surface area contributed by atoms with Gasteiger partial charge in [0.2, 0.25) is 0 Å². The highest BCUT2D eigenvalue weighted by atomic mass is 32.2. The van der Waals surface area contributed by atoms with Crippen LogP contribution in [0.4, 0.5) is 0 Å². The molecule has 10 nitrogen and oxygen atoms in total. The number of hydrogen-bond acceptors (Lipinski definition) is 8. The van der Waals surface area contributed by atoms with Crippen LogP contribution in [0.25, 0.3) is 0 Å². The fourth-order valence-corrected chi connectivity index (χ4v) is 5.13. The van der Waals surface area contributed by atoms with E-state index in [0.29, 0.717) is 5.75 Å². The summed E-state index contributed by atoms with van der Waals surface area (Å²) in [5, 5.41) is 1.59. The monoisotopic (exact) mass is 504 g/mol. The number of benzene rings is 1. The zero-order valence-electron chi connectivity index (χ0n) is 19.9. The molecule has 3 atom stereocenters. The van der Waals surface area contributed by atoms with Gasteiger partial charge in [0.15, 0.2) is 6.61 Å². The van der Waals surface area contributed by atoms with Crippen LogP contribution in [0.3, 0.4) is 0 Å². The molecule has 188 valence electrons. The molecule has 3 rings (SSSR count). The second kappa shape index (κ2) is 10.9. The molecule has 1 aromatic carbocycles. The molecule has 2 aliphatic rings. The minimum absolute atomic E-state index is 0.110. The molecule has 0 saturated carbocycles. The van der Waals surface area contributed by atoms with Gasteiger partial charge < -0.3 is 19.5 Å². The van der Waals surface area contributed by atoms with Crippen LogP contribution in [0.2, 0.25) is 0 Å². The molecule has 35 heavy (non-hydrogen) atoms. The number of carbonyl (C=O) groups is 4. The largest absolute Gasteiger partial charge is 0.484 e. The number of para-hydroxylation sites is 1. The summed E-state index contributed by atoms with van der Waals surface area (Å²) in [6, 6.07) is 7.59. The van der Waals surface area contributed by atoms with Crippen molar-refractivity contribution in [2.45, 2.75) is 44.7 Å². The summed E-state index contributed by atoms with van der Waals surface area (Å²) in [6.07, 6.45) is 2.41. The van der Waals surface area contributed by atoms with Crippen molar-refractivity contribution in [2.24, 2.45) is 0 Å². The van der Waals surface area contributed by atoms with Crippen molar-refractivity contribution in [3.63, 3.8) is 0 Å². The molecule has 0 bridgehead atoms. The molecular formula is C24H28N2O8S. The zero-order chi connectivity index (χ0) is 25.8. The molecule has 2 amide bonds. The highest BCUT2D eigenvalue weighted by Gasteiger charge is 2.57. The Labute approximate surface area is 205 Å². The third-order valence-corrected chi connectivity index (χ3v) is 6.50. The summed E-state index contributed by atoms with van der Waals surface area (Å²) in [7, 11) is -1.66. The topological polar surface area (TPSA) is 128 Å². The maximum absolute atomic E-state index is 13.0. The van der Waals surface area contributed by atoms with E-state index < -0.39 is 51.6 Å². The molecule has 2 heterocycles. The van der Waals surface area contributed by atoms with Crippen LogP contribution in [0.5, 0.6) is 5.75 Å². The first kappa shape index (κ1) is 26.1. The minimum Gasteiger partial charge on any atom is -0.484 e. The molecule has 1 N–H and O–H groups in total. The highest BCUT2D eigenvalue weighted by Crippen LogP contribution is 2.36. The van der Waals surface area contributed by atoms with E-state index in [0.717, 1.165) is 11.0 Å². The van der Waals surface area contributed by atoms with Gasteiger partial charge in [-0.15, -0.1) is 0 Å². The number of β-lactam (4-membered cyclic amide) rings is 1. The summed E-state index contributed by atoms with van der Waals surface area (Å²) in [5.41, 5.74) is -0.767. The van der Waals surface area contributed by atoms with Gasteiger partial charge in [0.1, 0.15) is 28.5 Å². The van der Waals surface area contributed by atoms with E-state index in [9.17, 15) is 23.4 Å². The van der Waals surface area contributed by atoms with Gasteiger partial charge >= 0.3 is 11.9 Å². The van der Waals surface area contributed by atoms with E-state index in [1.807, 2.05) is 0 Å². The summed E-state index contributed by atoms with van der Waals surface area (Å²) >= 11 is 0. The van der Waals surface area contributed by atoms with Gasteiger partial charge in [-0.1, -0.05) is 18.2 Å². The SMILES string of the molecule is CCOC(=O)C=CC1=C(C(=O)OC(C)(C)C)N2C(=O)C(NC(=O)COc3ccccc3)[C@H]2S(=O)C1. The van der Waals surface area contributed by atoms with Crippen molar-refractivity contribution < 1.29 is 37.6 Å². The Morgan fingerprint density at radius 1 is 1.20 bits per heavy atom. The molecule has 2 aliphatic heterocycles. The Morgan fingerprint density at radius 3 is 2.51 bits per heavy atom. The molecule has 2 unspecified atom stereocenters. The van der Waals surface area contributed by atoms with Gasteiger partial charge in [0.25, 0.3) is 11.8 Å². The summed E-state index contributed by atoms with van der Waals surface area (Å²) in [5.74, 6) is -2.26. The maximum atomic E-state index is 13.0. The lowest BCUT2D eigenvalue weighted by atomic mass is 10.0. The number of ether oxygens (including phenoxy) is 3. The zero-order valence-corrected chi connectivity index (χ0v) is 20.8. The third-order valence-electron chi connectivity index (χ3n) is 4.88. The van der Waals surface area contributed by atoms with Crippen LogP contribution < -0.4 is 10.1 Å². The van der Waals surface area contributed by atoms with Gasteiger partial charge in [-0.2, -0.15) is 0 Å². The highest BCUT2D eigenvalue weighted by molar-refractivity contribution is 7.86. The van der Waals surface area contributed by atoms with Crippen LogP contribution in [0, 0.1) is 0 Å². The summed E-state index contributed by atoms with van der Waals surface area (Å²) < 4.78 is 28.7. The van der Waals surface area contributed by atoms with Crippen LogP contribution in [0.1, 0.15) is 27.7 Å². The van der Waals surface area contributed by atoms with E-state index in [-0.39, 0.29) is 30.2 Å². The average Bonchev–Trinajstić information content (AvgIpc) is 2.79. The number of rotatable bonds is 8. The first-order valence-electron chi connectivity index (χ1n) is 11.0. The second-order valence-corrected chi connectivity index (χ2v) is 10.3. The molecular weight excluding hydrogens is 476 g/mol. The van der Waals surface area contributed by atoms with Gasteiger partial charge in [0.05, 0.1) is 23.2 Å². The maximum Gasteiger partial charge on any atom is 0.355 e. The Bertz CT molecular complexity index is 1090. The molecule has 1 saturated heterocycles. The van der Waals surface area contributed by atoms with Crippen molar-refractivity contribution >= 4 is 34.6 Å². The normalized spacial score (nSPS) is 21.8. The van der Waals surface area contributed by atoms with Gasteiger partial charge in [-0.05, 0) is 51.5 Å². The van der Waals surface area contributed by atoms with Crippen molar-refractivity contribution in [2.75, 3.05) is 19.0 Å². The van der Waals surface area contributed by atoms with Crippen LogP contribution in [0.15, 0.2) is 53.8 Å². The lowest BCUT2D eigenvalue weighted by molar-refractivity contribution is -0.159. The second-order valence-electron chi connectivity index (χ2n) is 8.73. The van der Waals surface area contributed by atoms with E-state index in [2.05, 4.69) is 5.32 Å². The van der Waals surface area contributed by atoms with Crippen molar-refractivity contribution in [1.82, 2.24) is 10.2 Å². The Morgan fingerprint density at radius 2 is 1.89 bits per heavy atom. The molecule has 11 heteroatoms. The number of allylic oxidation sites excluding steroid dienone is 1.